The van der Waals surface area contributed by atoms with E-state index in [1.54, 1.807) is 12.1 Å². The lowest BCUT2D eigenvalue weighted by molar-refractivity contribution is -0.0497. The minimum Gasteiger partial charge on any atom is -0.435 e. The zero-order chi connectivity index (χ0) is 18.0. The van der Waals surface area contributed by atoms with Gasteiger partial charge in [-0.1, -0.05) is 11.8 Å². The Morgan fingerprint density at radius 3 is 2.72 bits per heavy atom. The number of nitrogens with one attached hydrogen (secondary N) is 1. The molecule has 0 fully saturated rings. The molecular formula is C17H16F3N3OS. The fourth-order valence-corrected chi connectivity index (χ4v) is 3.33. The van der Waals surface area contributed by atoms with Gasteiger partial charge in [0.1, 0.15) is 11.6 Å². The van der Waals surface area contributed by atoms with Gasteiger partial charge >= 0.3 is 6.61 Å². The molecule has 0 radical (unpaired) electrons. The molecule has 0 saturated carbocycles. The average molecular weight is 367 g/mol. The summed E-state index contributed by atoms with van der Waals surface area (Å²) in [5.41, 5.74) is 3.03. The van der Waals surface area contributed by atoms with E-state index in [0.29, 0.717) is 16.4 Å². The maximum atomic E-state index is 13.5. The van der Waals surface area contributed by atoms with E-state index in [4.69, 9.17) is 0 Å². The number of imidazole rings is 1. The highest BCUT2D eigenvalue weighted by molar-refractivity contribution is 7.98. The van der Waals surface area contributed by atoms with E-state index in [9.17, 15) is 13.2 Å². The van der Waals surface area contributed by atoms with Gasteiger partial charge in [-0.15, -0.1) is 0 Å². The van der Waals surface area contributed by atoms with Crippen LogP contribution in [0.2, 0.25) is 0 Å². The molecule has 3 aromatic rings. The quantitative estimate of drug-likeness (QED) is 0.643. The van der Waals surface area contributed by atoms with Crippen LogP contribution in [-0.2, 0) is 5.75 Å². The molecule has 0 atom stereocenters. The van der Waals surface area contributed by atoms with E-state index in [-0.39, 0.29) is 11.6 Å². The second-order valence-corrected chi connectivity index (χ2v) is 6.52. The van der Waals surface area contributed by atoms with Gasteiger partial charge in [0, 0.05) is 31.6 Å². The summed E-state index contributed by atoms with van der Waals surface area (Å²) in [5, 5.41) is 0.623. The third kappa shape index (κ3) is 4.19. The molecule has 3 rings (SSSR count). The number of hydrogen-bond acceptors (Lipinski definition) is 4. The Kier molecular flexibility index (Phi) is 5.08. The van der Waals surface area contributed by atoms with Crippen LogP contribution in [-0.4, -0.2) is 30.7 Å². The fraction of sp³-hybridized carbons (Fsp3) is 0.235. The Hall–Kier alpha value is -2.35. The van der Waals surface area contributed by atoms with Crippen molar-refractivity contribution in [3.8, 4) is 5.75 Å². The van der Waals surface area contributed by atoms with Crippen LogP contribution in [0.3, 0.4) is 0 Å². The zero-order valence-corrected chi connectivity index (χ0v) is 14.4. The molecule has 1 aromatic heterocycles. The summed E-state index contributed by atoms with van der Waals surface area (Å²) in [6, 6.07) is 9.21. The van der Waals surface area contributed by atoms with Crippen molar-refractivity contribution in [3.63, 3.8) is 0 Å². The van der Waals surface area contributed by atoms with Crippen molar-refractivity contribution < 1.29 is 17.9 Å². The first kappa shape index (κ1) is 17.5. The summed E-state index contributed by atoms with van der Waals surface area (Å²) >= 11 is 1.41. The number of benzene rings is 2. The molecule has 132 valence electrons. The number of thioether (sulfide) groups is 1. The molecule has 0 unspecified atom stereocenters. The normalized spacial score (nSPS) is 11.3. The smallest absolute Gasteiger partial charge is 0.387 e. The van der Waals surface area contributed by atoms with Gasteiger partial charge in [-0.2, -0.15) is 8.78 Å². The second kappa shape index (κ2) is 7.26. The van der Waals surface area contributed by atoms with Crippen molar-refractivity contribution in [3.05, 3.63) is 47.8 Å². The number of rotatable bonds is 6. The molecule has 2 aromatic carbocycles. The van der Waals surface area contributed by atoms with Crippen molar-refractivity contribution in [1.82, 2.24) is 9.97 Å². The minimum atomic E-state index is -2.87. The number of hydrogen-bond donors (Lipinski definition) is 1. The molecule has 0 amide bonds. The largest absolute Gasteiger partial charge is 0.435 e. The SMILES string of the molecule is CN(C)c1ccc(F)cc1CSc1nc2cc(OC(F)F)ccc2[nH]1. The van der Waals surface area contributed by atoms with E-state index in [1.165, 1.54) is 36.0 Å². The van der Waals surface area contributed by atoms with Crippen LogP contribution in [0.25, 0.3) is 11.0 Å². The van der Waals surface area contributed by atoms with Gasteiger partial charge < -0.3 is 14.6 Å². The highest BCUT2D eigenvalue weighted by Gasteiger charge is 2.11. The average Bonchev–Trinajstić information content (AvgIpc) is 2.94. The fourth-order valence-electron chi connectivity index (χ4n) is 2.46. The number of aromatic nitrogens is 2. The van der Waals surface area contributed by atoms with Gasteiger partial charge in [0.15, 0.2) is 5.16 Å². The summed E-state index contributed by atoms with van der Waals surface area (Å²) in [6.45, 7) is -2.87. The predicted octanol–water partition coefficient (Wildman–Crippen LogP) is 4.66. The van der Waals surface area contributed by atoms with E-state index >= 15 is 0 Å². The lowest BCUT2D eigenvalue weighted by atomic mass is 10.2. The van der Waals surface area contributed by atoms with Gasteiger partial charge in [0.2, 0.25) is 0 Å². The molecule has 0 bridgehead atoms. The minimum absolute atomic E-state index is 0.0607. The number of nitrogens with zero attached hydrogens (tertiary/aromatic N) is 2. The summed E-state index contributed by atoms with van der Waals surface area (Å²) < 4.78 is 42.5. The van der Waals surface area contributed by atoms with Crippen molar-refractivity contribution in [2.45, 2.75) is 17.5 Å². The molecule has 0 aliphatic heterocycles. The Labute approximate surface area is 147 Å². The third-order valence-corrected chi connectivity index (χ3v) is 4.47. The number of anilines is 1. The molecule has 4 nitrogen and oxygen atoms in total. The topological polar surface area (TPSA) is 41.2 Å². The third-order valence-electron chi connectivity index (χ3n) is 3.55. The highest BCUT2D eigenvalue weighted by Crippen LogP contribution is 2.29. The number of ether oxygens (including phenoxy) is 1. The summed E-state index contributed by atoms with van der Waals surface area (Å²) in [5.74, 6) is 0.288. The first-order valence-electron chi connectivity index (χ1n) is 7.45. The van der Waals surface area contributed by atoms with Crippen LogP contribution in [0.5, 0.6) is 5.75 Å². The monoisotopic (exact) mass is 367 g/mol. The van der Waals surface area contributed by atoms with Gasteiger partial charge in [-0.3, -0.25) is 0 Å². The Morgan fingerprint density at radius 1 is 1.20 bits per heavy atom. The van der Waals surface area contributed by atoms with E-state index in [0.717, 1.165) is 16.8 Å². The van der Waals surface area contributed by atoms with Gasteiger partial charge in [0.05, 0.1) is 11.0 Å². The molecule has 0 aliphatic carbocycles. The van der Waals surface area contributed by atoms with Crippen LogP contribution in [0.1, 0.15) is 5.56 Å². The van der Waals surface area contributed by atoms with Crippen LogP contribution in [0.15, 0.2) is 41.6 Å². The van der Waals surface area contributed by atoms with Crippen molar-refractivity contribution >= 4 is 28.5 Å². The number of halogens is 3. The summed E-state index contributed by atoms with van der Waals surface area (Å²) in [4.78, 5) is 9.40. The second-order valence-electron chi connectivity index (χ2n) is 5.56. The van der Waals surface area contributed by atoms with Crippen LogP contribution in [0, 0.1) is 5.82 Å². The molecule has 1 heterocycles. The first-order chi connectivity index (χ1) is 11.9. The lowest BCUT2D eigenvalue weighted by Gasteiger charge is -2.17. The predicted molar refractivity (Wildman–Crippen MR) is 93.0 cm³/mol. The maximum absolute atomic E-state index is 13.5. The molecule has 1 N–H and O–H groups in total. The van der Waals surface area contributed by atoms with Crippen molar-refractivity contribution in [2.75, 3.05) is 19.0 Å². The lowest BCUT2D eigenvalue weighted by Crippen LogP contribution is -2.11. The first-order valence-corrected chi connectivity index (χ1v) is 8.44. The number of aromatic amines is 1. The van der Waals surface area contributed by atoms with Crippen LogP contribution >= 0.6 is 11.8 Å². The molecule has 8 heteroatoms. The van der Waals surface area contributed by atoms with Crippen molar-refractivity contribution in [1.29, 1.82) is 0 Å². The Morgan fingerprint density at radius 2 is 2.00 bits per heavy atom. The highest BCUT2D eigenvalue weighted by atomic mass is 32.2. The van der Waals surface area contributed by atoms with Gasteiger partial charge in [-0.25, -0.2) is 9.37 Å². The zero-order valence-electron chi connectivity index (χ0n) is 13.6. The molecule has 25 heavy (non-hydrogen) atoms. The number of fused-ring (bicyclic) bond motifs is 1. The maximum Gasteiger partial charge on any atom is 0.387 e. The Balaban J connectivity index is 1.78. The van der Waals surface area contributed by atoms with E-state index in [2.05, 4.69) is 14.7 Å². The van der Waals surface area contributed by atoms with E-state index < -0.39 is 6.61 Å². The Bertz CT molecular complexity index is 883. The summed E-state index contributed by atoms with van der Waals surface area (Å²) in [7, 11) is 3.79. The van der Waals surface area contributed by atoms with E-state index in [1.807, 2.05) is 19.0 Å². The molecule has 0 spiro atoms. The van der Waals surface area contributed by atoms with Gasteiger partial charge in [-0.05, 0) is 35.9 Å². The standard InChI is InChI=1S/C17H16F3N3OS/c1-23(2)15-6-3-11(18)7-10(15)9-25-17-21-13-5-4-12(24-16(19)20)8-14(13)22-17/h3-8,16H,9H2,1-2H3,(H,21,22). The van der Waals surface area contributed by atoms with Crippen molar-refractivity contribution in [2.24, 2.45) is 0 Å². The number of H-pyrrole nitrogens is 1. The van der Waals surface area contributed by atoms with Crippen LogP contribution < -0.4 is 9.64 Å². The van der Waals surface area contributed by atoms with Gasteiger partial charge in [0.25, 0.3) is 0 Å². The number of alkyl halides is 2. The molecule has 0 aliphatic rings. The van der Waals surface area contributed by atoms with Crippen LogP contribution in [0.4, 0.5) is 18.9 Å². The molecule has 0 saturated heterocycles. The molecular weight excluding hydrogens is 351 g/mol. The summed E-state index contributed by atoms with van der Waals surface area (Å²) in [6.07, 6.45) is 0.